The van der Waals surface area contributed by atoms with Crippen molar-refractivity contribution >= 4 is 22.8 Å². The van der Waals surface area contributed by atoms with Gasteiger partial charge in [-0.1, -0.05) is 39.0 Å². The lowest BCUT2D eigenvalue weighted by atomic mass is 9.91. The lowest BCUT2D eigenvalue weighted by molar-refractivity contribution is 0.112. The summed E-state index contributed by atoms with van der Waals surface area (Å²) in [6.45, 7) is 10.7. The third-order valence-electron chi connectivity index (χ3n) is 3.39. The second-order valence-corrected chi connectivity index (χ2v) is 7.28. The molecule has 1 aliphatic heterocycles. The predicted molar refractivity (Wildman–Crippen MR) is 76.8 cm³/mol. The molecule has 100 valence electrons. The Morgan fingerprint density at radius 3 is 2.67 bits per heavy atom. The number of piperidine rings is 1. The van der Waals surface area contributed by atoms with Crippen LogP contribution in [0.4, 0.5) is 5.13 Å². The maximum absolute atomic E-state index is 11.2. The van der Waals surface area contributed by atoms with E-state index in [-0.39, 0.29) is 5.41 Å². The van der Waals surface area contributed by atoms with Gasteiger partial charge in [0.2, 0.25) is 0 Å². The van der Waals surface area contributed by atoms with Crippen molar-refractivity contribution in [2.75, 3.05) is 18.0 Å². The molecule has 1 unspecified atom stereocenters. The van der Waals surface area contributed by atoms with Crippen LogP contribution in [-0.2, 0) is 5.41 Å². The summed E-state index contributed by atoms with van der Waals surface area (Å²) in [5.74, 6) is 0.723. The van der Waals surface area contributed by atoms with Crippen molar-refractivity contribution in [3.05, 3.63) is 10.6 Å². The predicted octanol–water partition coefficient (Wildman–Crippen LogP) is 3.49. The number of hydrogen-bond acceptors (Lipinski definition) is 4. The van der Waals surface area contributed by atoms with Crippen molar-refractivity contribution in [1.29, 1.82) is 0 Å². The summed E-state index contributed by atoms with van der Waals surface area (Å²) in [5, 5.41) is 1.02. The molecule has 0 saturated carbocycles. The van der Waals surface area contributed by atoms with Crippen LogP contribution in [-0.4, -0.2) is 24.4 Å². The van der Waals surface area contributed by atoms with E-state index >= 15 is 0 Å². The van der Waals surface area contributed by atoms with Gasteiger partial charge in [-0.2, -0.15) is 0 Å². The van der Waals surface area contributed by atoms with Crippen molar-refractivity contribution in [3.63, 3.8) is 0 Å². The fraction of sp³-hybridized carbons (Fsp3) is 0.714. The molecule has 0 aliphatic carbocycles. The van der Waals surface area contributed by atoms with Crippen LogP contribution in [0.5, 0.6) is 0 Å². The van der Waals surface area contributed by atoms with E-state index in [2.05, 4.69) is 32.6 Å². The van der Waals surface area contributed by atoms with Crippen molar-refractivity contribution < 1.29 is 4.79 Å². The van der Waals surface area contributed by atoms with Gasteiger partial charge >= 0.3 is 0 Å². The van der Waals surface area contributed by atoms with E-state index in [4.69, 9.17) is 4.98 Å². The van der Waals surface area contributed by atoms with E-state index < -0.39 is 0 Å². The quantitative estimate of drug-likeness (QED) is 0.768. The molecule has 3 nitrogen and oxygen atoms in total. The zero-order valence-electron chi connectivity index (χ0n) is 11.7. The van der Waals surface area contributed by atoms with Gasteiger partial charge in [0.15, 0.2) is 11.4 Å². The number of aromatic nitrogens is 1. The minimum Gasteiger partial charge on any atom is -0.348 e. The van der Waals surface area contributed by atoms with Crippen molar-refractivity contribution in [2.45, 2.75) is 46.0 Å². The lowest BCUT2D eigenvalue weighted by Crippen LogP contribution is -2.34. The van der Waals surface area contributed by atoms with E-state index in [1.807, 2.05) is 0 Å². The Labute approximate surface area is 113 Å². The molecule has 0 radical (unpaired) electrons. The minimum atomic E-state index is -0.0631. The van der Waals surface area contributed by atoms with Crippen LogP contribution in [0.15, 0.2) is 0 Å². The number of carbonyl (C=O) groups is 1. The van der Waals surface area contributed by atoms with E-state index in [0.29, 0.717) is 0 Å². The van der Waals surface area contributed by atoms with Gasteiger partial charge in [0, 0.05) is 18.5 Å². The molecule has 0 bridgehead atoms. The Morgan fingerprint density at radius 1 is 1.44 bits per heavy atom. The molecule has 0 amide bonds. The van der Waals surface area contributed by atoms with E-state index in [9.17, 15) is 4.79 Å². The smallest absolute Gasteiger partial charge is 0.186 e. The Bertz CT molecular complexity index is 433. The molecule has 1 aromatic rings. The number of rotatable bonds is 2. The molecule has 4 heteroatoms. The molecular formula is C14H22N2OS. The van der Waals surface area contributed by atoms with Crippen molar-refractivity contribution in [3.8, 4) is 0 Å². The lowest BCUT2D eigenvalue weighted by Gasteiger charge is -2.30. The first-order valence-electron chi connectivity index (χ1n) is 6.63. The SMILES string of the molecule is CC1CCCN(c2nc(C(C)(C)C)c(C=O)s2)C1. The van der Waals surface area contributed by atoms with E-state index in [0.717, 1.165) is 41.0 Å². The molecular weight excluding hydrogens is 244 g/mol. The first-order chi connectivity index (χ1) is 8.41. The van der Waals surface area contributed by atoms with Crippen molar-refractivity contribution in [1.82, 2.24) is 4.98 Å². The molecule has 1 aliphatic rings. The van der Waals surface area contributed by atoms with Crippen LogP contribution in [0, 0.1) is 5.92 Å². The molecule has 0 aromatic carbocycles. The van der Waals surface area contributed by atoms with Crippen LogP contribution in [0.25, 0.3) is 0 Å². The van der Waals surface area contributed by atoms with Gasteiger partial charge in [0.05, 0.1) is 10.6 Å². The van der Waals surface area contributed by atoms with Gasteiger partial charge in [-0.25, -0.2) is 4.98 Å². The number of aldehydes is 1. The number of carbonyl (C=O) groups excluding carboxylic acids is 1. The topological polar surface area (TPSA) is 33.2 Å². The maximum Gasteiger partial charge on any atom is 0.186 e. The Hall–Kier alpha value is -0.900. The van der Waals surface area contributed by atoms with Crippen LogP contribution in [0.1, 0.15) is 55.9 Å². The summed E-state index contributed by atoms with van der Waals surface area (Å²) in [6.07, 6.45) is 3.48. The Balaban J connectivity index is 2.29. The third-order valence-corrected chi connectivity index (χ3v) is 4.43. The summed E-state index contributed by atoms with van der Waals surface area (Å²) in [7, 11) is 0. The first-order valence-corrected chi connectivity index (χ1v) is 7.45. The van der Waals surface area contributed by atoms with Crippen LogP contribution in [0.2, 0.25) is 0 Å². The molecule has 1 atom stereocenters. The number of hydrogen-bond donors (Lipinski definition) is 0. The zero-order valence-corrected chi connectivity index (χ0v) is 12.5. The highest BCUT2D eigenvalue weighted by Gasteiger charge is 2.26. The maximum atomic E-state index is 11.2. The summed E-state index contributed by atoms with van der Waals surface area (Å²) in [4.78, 5) is 19.0. The highest BCUT2D eigenvalue weighted by molar-refractivity contribution is 7.17. The van der Waals surface area contributed by atoms with Gasteiger partial charge < -0.3 is 4.90 Å². The zero-order chi connectivity index (χ0) is 13.3. The van der Waals surface area contributed by atoms with E-state index in [1.54, 1.807) is 11.3 Å². The molecule has 1 aromatic heterocycles. The Morgan fingerprint density at radius 2 is 2.17 bits per heavy atom. The van der Waals surface area contributed by atoms with Gasteiger partial charge in [-0.3, -0.25) is 4.79 Å². The molecule has 2 heterocycles. The summed E-state index contributed by atoms with van der Waals surface area (Å²) < 4.78 is 0. The standard InChI is InChI=1S/C14H22N2OS/c1-10-6-5-7-16(8-10)13-15-12(14(2,3)4)11(9-17)18-13/h9-10H,5-8H2,1-4H3. The molecule has 1 fully saturated rings. The van der Waals surface area contributed by atoms with Gasteiger partial charge in [-0.05, 0) is 18.8 Å². The van der Waals surface area contributed by atoms with Gasteiger partial charge in [-0.15, -0.1) is 0 Å². The minimum absolute atomic E-state index is 0.0631. The average molecular weight is 266 g/mol. The second kappa shape index (κ2) is 5.00. The summed E-state index contributed by atoms with van der Waals surface area (Å²) in [5.41, 5.74) is 0.877. The van der Waals surface area contributed by atoms with Crippen LogP contribution >= 0.6 is 11.3 Å². The van der Waals surface area contributed by atoms with Gasteiger partial charge in [0.25, 0.3) is 0 Å². The van der Waals surface area contributed by atoms with Crippen LogP contribution in [0.3, 0.4) is 0 Å². The third kappa shape index (κ3) is 2.74. The largest absolute Gasteiger partial charge is 0.348 e. The monoisotopic (exact) mass is 266 g/mol. The normalized spacial score (nSPS) is 21.1. The fourth-order valence-corrected chi connectivity index (χ4v) is 3.56. The molecule has 0 spiro atoms. The highest BCUT2D eigenvalue weighted by Crippen LogP contribution is 2.34. The van der Waals surface area contributed by atoms with Crippen molar-refractivity contribution in [2.24, 2.45) is 5.92 Å². The Kier molecular flexibility index (Phi) is 3.76. The molecule has 2 rings (SSSR count). The number of anilines is 1. The van der Waals surface area contributed by atoms with E-state index in [1.165, 1.54) is 12.8 Å². The summed E-state index contributed by atoms with van der Waals surface area (Å²) >= 11 is 1.54. The number of nitrogens with zero attached hydrogens (tertiary/aromatic N) is 2. The first kappa shape index (κ1) is 13.5. The highest BCUT2D eigenvalue weighted by atomic mass is 32.1. The molecule has 1 saturated heterocycles. The molecule has 18 heavy (non-hydrogen) atoms. The second-order valence-electron chi connectivity index (χ2n) is 6.27. The molecule has 0 N–H and O–H groups in total. The summed E-state index contributed by atoms with van der Waals surface area (Å²) in [6, 6.07) is 0. The fourth-order valence-electron chi connectivity index (χ4n) is 2.44. The average Bonchev–Trinajstić information content (AvgIpc) is 2.72. The van der Waals surface area contributed by atoms with Crippen LogP contribution < -0.4 is 4.90 Å². The number of thiazole rings is 1. The van der Waals surface area contributed by atoms with Gasteiger partial charge in [0.1, 0.15) is 0 Å².